The van der Waals surface area contributed by atoms with Gasteiger partial charge in [-0.15, -0.1) is 0 Å². The molecule has 30 heavy (non-hydrogen) atoms. The van der Waals surface area contributed by atoms with Gasteiger partial charge in [0.1, 0.15) is 6.54 Å². The lowest BCUT2D eigenvalue weighted by Crippen LogP contribution is -2.42. The van der Waals surface area contributed by atoms with Crippen molar-refractivity contribution in [2.45, 2.75) is 26.2 Å². The van der Waals surface area contributed by atoms with Gasteiger partial charge in [-0.05, 0) is 35.2 Å². The van der Waals surface area contributed by atoms with Crippen molar-refractivity contribution in [3.8, 4) is 0 Å². The average Bonchev–Trinajstić information content (AvgIpc) is 2.95. The Bertz CT molecular complexity index is 955. The highest BCUT2D eigenvalue weighted by atomic mass is 16.2. The predicted octanol–water partition coefficient (Wildman–Crippen LogP) is 2.13. The van der Waals surface area contributed by atoms with Crippen LogP contribution in [-0.2, 0) is 10.2 Å². The third-order valence-electron chi connectivity index (χ3n) is 4.93. The lowest BCUT2D eigenvalue weighted by atomic mass is 9.87. The highest BCUT2D eigenvalue weighted by molar-refractivity contribution is 6.22. The van der Waals surface area contributed by atoms with Gasteiger partial charge in [-0.25, -0.2) is 0 Å². The van der Waals surface area contributed by atoms with E-state index in [0.717, 1.165) is 10.5 Å². The molecule has 7 nitrogen and oxygen atoms in total. The number of amides is 4. The molecule has 7 heteroatoms. The van der Waals surface area contributed by atoms with E-state index in [1.807, 2.05) is 12.1 Å². The average molecular weight is 407 g/mol. The molecule has 1 aliphatic heterocycles. The normalized spacial score (nSPS) is 13.2. The number of fused-ring (bicyclic) bond motifs is 1. The summed E-state index contributed by atoms with van der Waals surface area (Å²) >= 11 is 0. The Balaban J connectivity index is 1.44. The van der Waals surface area contributed by atoms with Crippen LogP contribution in [0.1, 0.15) is 57.4 Å². The summed E-state index contributed by atoms with van der Waals surface area (Å²) in [4.78, 5) is 49.8. The zero-order valence-corrected chi connectivity index (χ0v) is 17.3. The van der Waals surface area contributed by atoms with Crippen LogP contribution in [0.2, 0.25) is 0 Å². The lowest BCUT2D eigenvalue weighted by Gasteiger charge is -2.19. The molecular formula is C23H25N3O4. The van der Waals surface area contributed by atoms with Crippen LogP contribution >= 0.6 is 0 Å². The Labute approximate surface area is 175 Å². The van der Waals surface area contributed by atoms with Crippen molar-refractivity contribution in [1.29, 1.82) is 0 Å². The molecule has 0 aromatic heterocycles. The molecule has 2 aromatic rings. The first-order valence-corrected chi connectivity index (χ1v) is 9.79. The van der Waals surface area contributed by atoms with E-state index in [0.29, 0.717) is 16.7 Å². The molecule has 0 bridgehead atoms. The monoisotopic (exact) mass is 407 g/mol. The second-order valence-electron chi connectivity index (χ2n) is 8.18. The summed E-state index contributed by atoms with van der Waals surface area (Å²) in [6.07, 6.45) is 0. The molecule has 0 fully saturated rings. The molecule has 0 unspecified atom stereocenters. The number of nitrogens with zero attached hydrogens (tertiary/aromatic N) is 1. The zero-order valence-electron chi connectivity index (χ0n) is 17.3. The number of rotatable bonds is 6. The van der Waals surface area contributed by atoms with E-state index in [-0.39, 0.29) is 31.0 Å². The van der Waals surface area contributed by atoms with Gasteiger partial charge in [0.2, 0.25) is 5.91 Å². The molecule has 3 rings (SSSR count). The van der Waals surface area contributed by atoms with Crippen molar-refractivity contribution in [1.82, 2.24) is 15.5 Å². The number of carbonyl (C=O) groups excluding carboxylic acids is 4. The van der Waals surface area contributed by atoms with Crippen LogP contribution in [0, 0.1) is 0 Å². The molecule has 0 saturated carbocycles. The van der Waals surface area contributed by atoms with Gasteiger partial charge in [-0.2, -0.15) is 0 Å². The Morgan fingerprint density at radius 1 is 0.833 bits per heavy atom. The first-order chi connectivity index (χ1) is 14.2. The number of nitrogens with one attached hydrogen (secondary N) is 2. The Kier molecular flexibility index (Phi) is 6.01. The van der Waals surface area contributed by atoms with Gasteiger partial charge < -0.3 is 10.6 Å². The number of benzene rings is 2. The van der Waals surface area contributed by atoms with Gasteiger partial charge in [0.05, 0.1) is 11.1 Å². The van der Waals surface area contributed by atoms with Crippen LogP contribution in [-0.4, -0.2) is 48.2 Å². The summed E-state index contributed by atoms with van der Waals surface area (Å²) in [5.41, 5.74) is 2.30. The predicted molar refractivity (Wildman–Crippen MR) is 112 cm³/mol. The fourth-order valence-corrected chi connectivity index (χ4v) is 3.18. The number of imide groups is 1. The summed E-state index contributed by atoms with van der Waals surface area (Å²) in [5.74, 6) is -1.64. The molecule has 156 valence electrons. The summed E-state index contributed by atoms with van der Waals surface area (Å²) in [7, 11) is 0. The standard InChI is InChI=1S/C23H25N3O4/c1-23(2,3)16-10-8-15(9-11-16)20(28)25-13-12-24-19(27)14-26-21(29)17-6-4-5-7-18(17)22(26)30/h4-11H,12-14H2,1-3H3,(H,24,27)(H,25,28). The molecule has 4 amide bonds. The second-order valence-corrected chi connectivity index (χ2v) is 8.18. The summed E-state index contributed by atoms with van der Waals surface area (Å²) in [6.45, 7) is 6.38. The van der Waals surface area contributed by atoms with Crippen molar-refractivity contribution < 1.29 is 19.2 Å². The zero-order chi connectivity index (χ0) is 21.9. The van der Waals surface area contributed by atoms with Gasteiger partial charge in [-0.3, -0.25) is 24.1 Å². The summed E-state index contributed by atoms with van der Waals surface area (Å²) in [5, 5.41) is 5.35. The maximum Gasteiger partial charge on any atom is 0.262 e. The van der Waals surface area contributed by atoms with Crippen LogP contribution in [0.5, 0.6) is 0 Å². The van der Waals surface area contributed by atoms with Crippen molar-refractivity contribution in [3.05, 3.63) is 70.8 Å². The minimum absolute atomic E-state index is 0.0127. The van der Waals surface area contributed by atoms with Gasteiger partial charge in [0, 0.05) is 18.7 Å². The first-order valence-electron chi connectivity index (χ1n) is 9.79. The highest BCUT2D eigenvalue weighted by Gasteiger charge is 2.36. The highest BCUT2D eigenvalue weighted by Crippen LogP contribution is 2.22. The van der Waals surface area contributed by atoms with Crippen molar-refractivity contribution >= 4 is 23.6 Å². The third kappa shape index (κ3) is 4.56. The minimum atomic E-state index is -0.474. The van der Waals surface area contributed by atoms with E-state index in [1.165, 1.54) is 0 Å². The Morgan fingerprint density at radius 3 is 1.90 bits per heavy atom. The smallest absolute Gasteiger partial charge is 0.262 e. The van der Waals surface area contributed by atoms with Crippen LogP contribution in [0.25, 0.3) is 0 Å². The molecule has 0 atom stereocenters. The third-order valence-corrected chi connectivity index (χ3v) is 4.93. The van der Waals surface area contributed by atoms with Crippen LogP contribution < -0.4 is 10.6 Å². The molecule has 1 heterocycles. The van der Waals surface area contributed by atoms with Crippen molar-refractivity contribution in [2.75, 3.05) is 19.6 Å². The Morgan fingerprint density at radius 2 is 1.37 bits per heavy atom. The quantitative estimate of drug-likeness (QED) is 0.566. The number of hydrogen-bond donors (Lipinski definition) is 2. The lowest BCUT2D eigenvalue weighted by molar-refractivity contribution is -0.121. The van der Waals surface area contributed by atoms with E-state index in [4.69, 9.17) is 0 Å². The molecule has 0 radical (unpaired) electrons. The molecule has 2 N–H and O–H groups in total. The van der Waals surface area contributed by atoms with Crippen molar-refractivity contribution in [3.63, 3.8) is 0 Å². The summed E-state index contributed by atoms with van der Waals surface area (Å²) in [6, 6.07) is 13.9. The van der Waals surface area contributed by atoms with Gasteiger partial charge >= 0.3 is 0 Å². The molecule has 2 aromatic carbocycles. The van der Waals surface area contributed by atoms with Gasteiger partial charge in [0.25, 0.3) is 17.7 Å². The van der Waals surface area contributed by atoms with Crippen LogP contribution in [0.3, 0.4) is 0 Å². The summed E-state index contributed by atoms with van der Waals surface area (Å²) < 4.78 is 0. The van der Waals surface area contributed by atoms with E-state index >= 15 is 0 Å². The largest absolute Gasteiger partial charge is 0.353 e. The number of carbonyl (C=O) groups is 4. The second kappa shape index (κ2) is 8.49. The van der Waals surface area contributed by atoms with Gasteiger partial charge in [0.15, 0.2) is 0 Å². The van der Waals surface area contributed by atoms with E-state index in [9.17, 15) is 19.2 Å². The molecule has 0 spiro atoms. The van der Waals surface area contributed by atoms with E-state index in [2.05, 4.69) is 31.4 Å². The van der Waals surface area contributed by atoms with Gasteiger partial charge in [-0.1, -0.05) is 45.0 Å². The maximum atomic E-state index is 12.3. The Hall–Kier alpha value is -3.48. The minimum Gasteiger partial charge on any atom is -0.353 e. The van der Waals surface area contributed by atoms with E-state index in [1.54, 1.807) is 36.4 Å². The van der Waals surface area contributed by atoms with E-state index < -0.39 is 17.7 Å². The molecular weight excluding hydrogens is 382 g/mol. The number of hydrogen-bond acceptors (Lipinski definition) is 4. The first kappa shape index (κ1) is 21.2. The van der Waals surface area contributed by atoms with Crippen LogP contribution in [0.4, 0.5) is 0 Å². The molecule has 0 saturated heterocycles. The van der Waals surface area contributed by atoms with Crippen LogP contribution in [0.15, 0.2) is 48.5 Å². The fourth-order valence-electron chi connectivity index (χ4n) is 3.18. The van der Waals surface area contributed by atoms with Crippen molar-refractivity contribution in [2.24, 2.45) is 0 Å². The fraction of sp³-hybridized carbons (Fsp3) is 0.304. The molecule has 1 aliphatic rings. The molecule has 0 aliphatic carbocycles. The maximum absolute atomic E-state index is 12.3. The SMILES string of the molecule is CC(C)(C)c1ccc(C(=O)NCCNC(=O)CN2C(=O)c3ccccc3C2=O)cc1. The topological polar surface area (TPSA) is 95.6 Å².